The number of nitrogens with zero attached hydrogens (tertiary/aromatic N) is 1. The van der Waals surface area contributed by atoms with Crippen molar-refractivity contribution < 1.29 is 13.9 Å². The Kier molecular flexibility index (Phi) is 2.42. The Hall–Kier alpha value is -1.84. The first-order valence-corrected chi connectivity index (χ1v) is 5.03. The molecule has 0 fully saturated rings. The zero-order chi connectivity index (χ0) is 11.8. The molecule has 4 nitrogen and oxygen atoms in total. The van der Waals surface area contributed by atoms with Gasteiger partial charge in [-0.3, -0.25) is 0 Å². The van der Waals surface area contributed by atoms with Crippen LogP contribution in [-0.4, -0.2) is 16.6 Å². The molecule has 0 radical (unpaired) electrons. The Morgan fingerprint density at radius 2 is 2.12 bits per heavy atom. The number of aromatic nitrogens is 1. The van der Waals surface area contributed by atoms with Crippen LogP contribution in [0, 0.1) is 0 Å². The number of hydrogen-bond donors (Lipinski definition) is 0. The molecule has 0 bridgehead atoms. The van der Waals surface area contributed by atoms with Gasteiger partial charge in [0.2, 0.25) is 0 Å². The Labute approximate surface area is 93.2 Å². The lowest BCUT2D eigenvalue weighted by atomic mass is 10.1. The third kappa shape index (κ3) is 2.05. The molecule has 0 unspecified atom stereocenters. The molecule has 0 amide bonds. The Morgan fingerprint density at radius 3 is 2.81 bits per heavy atom. The molecule has 0 spiro atoms. The fourth-order valence-corrected chi connectivity index (χ4v) is 1.38. The van der Waals surface area contributed by atoms with Gasteiger partial charge in [0.1, 0.15) is 11.1 Å². The van der Waals surface area contributed by atoms with E-state index in [1.54, 1.807) is 18.2 Å². The predicted octanol–water partition coefficient (Wildman–Crippen LogP) is 2.78. The van der Waals surface area contributed by atoms with Crippen LogP contribution < -0.4 is 0 Å². The summed E-state index contributed by atoms with van der Waals surface area (Å²) in [6.07, 6.45) is 1.32. The van der Waals surface area contributed by atoms with E-state index in [0.717, 1.165) is 0 Å². The van der Waals surface area contributed by atoms with Gasteiger partial charge in [-0.1, -0.05) is 6.07 Å². The van der Waals surface area contributed by atoms with E-state index in [1.165, 1.54) is 6.39 Å². The molecule has 84 valence electrons. The summed E-state index contributed by atoms with van der Waals surface area (Å²) in [4.78, 5) is 15.9. The van der Waals surface area contributed by atoms with Crippen LogP contribution in [0.3, 0.4) is 0 Å². The second-order valence-corrected chi connectivity index (χ2v) is 4.51. The van der Waals surface area contributed by atoms with Crippen LogP contribution >= 0.6 is 0 Å². The van der Waals surface area contributed by atoms with Crippen molar-refractivity contribution in [2.24, 2.45) is 0 Å². The molecular weight excluding hydrogens is 206 g/mol. The van der Waals surface area contributed by atoms with Crippen molar-refractivity contribution in [1.82, 2.24) is 4.98 Å². The summed E-state index contributed by atoms with van der Waals surface area (Å²) in [7, 11) is 0. The smallest absolute Gasteiger partial charge is 0.341 e. The standard InChI is InChI=1S/C12H13NO3/c1-12(2,3)16-11(14)8-5-4-6-9-10(8)13-7-15-9/h4-7H,1-3H3. The summed E-state index contributed by atoms with van der Waals surface area (Å²) >= 11 is 0. The normalized spacial score (nSPS) is 11.7. The minimum atomic E-state index is -0.511. The summed E-state index contributed by atoms with van der Waals surface area (Å²) in [5.41, 5.74) is 1.05. The number of rotatable bonds is 1. The van der Waals surface area contributed by atoms with E-state index >= 15 is 0 Å². The van der Waals surface area contributed by atoms with E-state index in [9.17, 15) is 4.79 Å². The van der Waals surface area contributed by atoms with Gasteiger partial charge in [-0.25, -0.2) is 9.78 Å². The second kappa shape index (κ2) is 3.63. The largest absolute Gasteiger partial charge is 0.456 e. The maximum absolute atomic E-state index is 11.9. The Morgan fingerprint density at radius 1 is 1.38 bits per heavy atom. The van der Waals surface area contributed by atoms with Gasteiger partial charge in [0.05, 0.1) is 5.56 Å². The Bertz CT molecular complexity index is 522. The van der Waals surface area contributed by atoms with Crippen LogP contribution in [0.1, 0.15) is 31.1 Å². The van der Waals surface area contributed by atoms with Crippen LogP contribution in [0.2, 0.25) is 0 Å². The maximum atomic E-state index is 11.9. The van der Waals surface area contributed by atoms with E-state index in [0.29, 0.717) is 16.7 Å². The highest BCUT2D eigenvalue weighted by molar-refractivity contribution is 6.01. The maximum Gasteiger partial charge on any atom is 0.341 e. The second-order valence-electron chi connectivity index (χ2n) is 4.51. The summed E-state index contributed by atoms with van der Waals surface area (Å²) in [6.45, 7) is 5.48. The van der Waals surface area contributed by atoms with Gasteiger partial charge >= 0.3 is 5.97 Å². The molecule has 0 atom stereocenters. The van der Waals surface area contributed by atoms with Gasteiger partial charge in [-0.15, -0.1) is 0 Å². The van der Waals surface area contributed by atoms with Gasteiger partial charge < -0.3 is 9.15 Å². The molecule has 0 saturated heterocycles. The zero-order valence-electron chi connectivity index (χ0n) is 9.48. The average molecular weight is 219 g/mol. The predicted molar refractivity (Wildman–Crippen MR) is 59.2 cm³/mol. The fraction of sp³-hybridized carbons (Fsp3) is 0.333. The first kappa shape index (κ1) is 10.7. The zero-order valence-corrected chi connectivity index (χ0v) is 9.48. The van der Waals surface area contributed by atoms with Crippen molar-refractivity contribution in [3.05, 3.63) is 30.2 Å². The summed E-state index contributed by atoms with van der Waals surface area (Å²) in [6, 6.07) is 5.18. The van der Waals surface area contributed by atoms with Crippen molar-refractivity contribution in [2.45, 2.75) is 26.4 Å². The SMILES string of the molecule is CC(C)(C)OC(=O)c1cccc2ocnc12. The lowest BCUT2D eigenvalue weighted by Crippen LogP contribution is -2.24. The number of ether oxygens (including phenoxy) is 1. The monoisotopic (exact) mass is 219 g/mol. The highest BCUT2D eigenvalue weighted by atomic mass is 16.6. The number of carbonyl (C=O) groups is 1. The van der Waals surface area contributed by atoms with Gasteiger partial charge in [0.25, 0.3) is 0 Å². The van der Waals surface area contributed by atoms with E-state index in [4.69, 9.17) is 9.15 Å². The van der Waals surface area contributed by atoms with Gasteiger partial charge in [0, 0.05) is 0 Å². The summed E-state index contributed by atoms with van der Waals surface area (Å²) in [5.74, 6) is -0.382. The highest BCUT2D eigenvalue weighted by Gasteiger charge is 2.20. The molecule has 4 heteroatoms. The van der Waals surface area contributed by atoms with Crippen molar-refractivity contribution >= 4 is 17.1 Å². The molecule has 0 saturated carbocycles. The molecule has 2 rings (SSSR count). The van der Waals surface area contributed by atoms with Crippen LogP contribution in [-0.2, 0) is 4.74 Å². The minimum Gasteiger partial charge on any atom is -0.456 e. The summed E-state index contributed by atoms with van der Waals surface area (Å²) < 4.78 is 10.4. The molecule has 1 aromatic carbocycles. The number of benzene rings is 1. The fourth-order valence-electron chi connectivity index (χ4n) is 1.38. The molecule has 1 aromatic heterocycles. The molecule has 1 heterocycles. The number of hydrogen-bond acceptors (Lipinski definition) is 4. The molecular formula is C12H13NO3. The number of carbonyl (C=O) groups excluding carboxylic acids is 1. The average Bonchev–Trinajstić information content (AvgIpc) is 2.61. The van der Waals surface area contributed by atoms with Crippen LogP contribution in [0.25, 0.3) is 11.1 Å². The first-order chi connectivity index (χ1) is 7.47. The molecule has 16 heavy (non-hydrogen) atoms. The highest BCUT2D eigenvalue weighted by Crippen LogP contribution is 2.20. The van der Waals surface area contributed by atoms with Crippen LogP contribution in [0.15, 0.2) is 29.0 Å². The van der Waals surface area contributed by atoms with Crippen molar-refractivity contribution in [2.75, 3.05) is 0 Å². The lowest BCUT2D eigenvalue weighted by molar-refractivity contribution is 0.00716. The number of esters is 1. The quantitative estimate of drug-likeness (QED) is 0.692. The minimum absolute atomic E-state index is 0.382. The molecule has 0 aliphatic heterocycles. The molecule has 0 aliphatic rings. The van der Waals surface area contributed by atoms with Gasteiger partial charge in [0.15, 0.2) is 12.0 Å². The van der Waals surface area contributed by atoms with Gasteiger partial charge in [-0.2, -0.15) is 0 Å². The molecule has 0 aliphatic carbocycles. The summed E-state index contributed by atoms with van der Waals surface area (Å²) in [5, 5.41) is 0. The third-order valence-corrected chi connectivity index (χ3v) is 1.98. The van der Waals surface area contributed by atoms with E-state index in [-0.39, 0.29) is 5.97 Å². The van der Waals surface area contributed by atoms with Crippen LogP contribution in [0.4, 0.5) is 0 Å². The van der Waals surface area contributed by atoms with Crippen molar-refractivity contribution in [3.8, 4) is 0 Å². The molecule has 0 N–H and O–H groups in total. The number of fused-ring (bicyclic) bond motifs is 1. The Balaban J connectivity index is 2.40. The van der Waals surface area contributed by atoms with Crippen LogP contribution in [0.5, 0.6) is 0 Å². The van der Waals surface area contributed by atoms with Gasteiger partial charge in [-0.05, 0) is 32.9 Å². The van der Waals surface area contributed by atoms with E-state index in [1.807, 2.05) is 20.8 Å². The number of oxazole rings is 1. The topological polar surface area (TPSA) is 52.3 Å². The van der Waals surface area contributed by atoms with E-state index in [2.05, 4.69) is 4.98 Å². The third-order valence-electron chi connectivity index (χ3n) is 1.98. The number of para-hydroxylation sites is 1. The molecule has 2 aromatic rings. The van der Waals surface area contributed by atoms with Crippen molar-refractivity contribution in [1.29, 1.82) is 0 Å². The first-order valence-electron chi connectivity index (χ1n) is 5.03. The lowest BCUT2D eigenvalue weighted by Gasteiger charge is -2.19. The van der Waals surface area contributed by atoms with E-state index < -0.39 is 5.60 Å². The van der Waals surface area contributed by atoms with Crippen molar-refractivity contribution in [3.63, 3.8) is 0 Å².